The highest BCUT2D eigenvalue weighted by atomic mass is 16.3. The minimum Gasteiger partial charge on any atom is -0.390 e. The standard InChI is InChI=1S/C12H23N3O3/c1-13-4-6-15(7-5-13)12(18)9-14-3-2-10(16)11(17)8-14/h10-11,16-17H,2-9H2,1H3/t10-,11+/m0/s1. The van der Waals surface area contributed by atoms with E-state index in [0.717, 1.165) is 26.2 Å². The number of amides is 1. The molecular formula is C12H23N3O3. The van der Waals surface area contributed by atoms with Gasteiger partial charge in [-0.2, -0.15) is 0 Å². The van der Waals surface area contributed by atoms with Gasteiger partial charge in [0.2, 0.25) is 5.91 Å². The summed E-state index contributed by atoms with van der Waals surface area (Å²) in [5.74, 6) is 0.131. The Balaban J connectivity index is 1.77. The Morgan fingerprint density at radius 1 is 1.11 bits per heavy atom. The summed E-state index contributed by atoms with van der Waals surface area (Å²) in [4.78, 5) is 18.1. The van der Waals surface area contributed by atoms with E-state index in [1.807, 2.05) is 9.80 Å². The number of hydrogen-bond acceptors (Lipinski definition) is 5. The molecule has 0 spiro atoms. The molecule has 18 heavy (non-hydrogen) atoms. The molecule has 2 heterocycles. The predicted octanol–water partition coefficient (Wildman–Crippen LogP) is -1.81. The molecule has 2 aliphatic heterocycles. The fourth-order valence-electron chi connectivity index (χ4n) is 2.48. The first-order chi connectivity index (χ1) is 8.56. The number of carbonyl (C=O) groups excluding carboxylic acids is 1. The summed E-state index contributed by atoms with van der Waals surface area (Å²) in [5.41, 5.74) is 0. The molecule has 2 aliphatic rings. The smallest absolute Gasteiger partial charge is 0.236 e. The lowest BCUT2D eigenvalue weighted by molar-refractivity contribution is -0.135. The zero-order valence-corrected chi connectivity index (χ0v) is 11.0. The van der Waals surface area contributed by atoms with Crippen LogP contribution in [0.5, 0.6) is 0 Å². The number of aliphatic hydroxyl groups is 2. The van der Waals surface area contributed by atoms with E-state index in [2.05, 4.69) is 11.9 Å². The highest BCUT2D eigenvalue weighted by molar-refractivity contribution is 5.78. The second-order valence-corrected chi connectivity index (χ2v) is 5.34. The van der Waals surface area contributed by atoms with Gasteiger partial charge >= 0.3 is 0 Å². The van der Waals surface area contributed by atoms with Crippen LogP contribution in [0.2, 0.25) is 0 Å². The number of β-amino-alcohol motifs (C(OH)–C–C–N with tert-alkyl or cyclic N) is 1. The highest BCUT2D eigenvalue weighted by Crippen LogP contribution is 2.11. The first-order valence-electron chi connectivity index (χ1n) is 6.61. The second-order valence-electron chi connectivity index (χ2n) is 5.34. The summed E-state index contributed by atoms with van der Waals surface area (Å²) in [6.07, 6.45) is -0.823. The Hall–Kier alpha value is -0.690. The van der Waals surface area contributed by atoms with Crippen molar-refractivity contribution in [3.63, 3.8) is 0 Å². The van der Waals surface area contributed by atoms with E-state index in [0.29, 0.717) is 26.1 Å². The summed E-state index contributed by atoms with van der Waals surface area (Å²) in [7, 11) is 2.06. The third-order valence-corrected chi connectivity index (χ3v) is 3.85. The number of rotatable bonds is 2. The van der Waals surface area contributed by atoms with E-state index in [1.165, 1.54) is 0 Å². The molecule has 0 aromatic carbocycles. The van der Waals surface area contributed by atoms with Crippen molar-refractivity contribution in [2.45, 2.75) is 18.6 Å². The summed E-state index contributed by atoms with van der Waals surface area (Å²) in [6.45, 7) is 4.84. The molecular weight excluding hydrogens is 234 g/mol. The van der Waals surface area contributed by atoms with Crippen LogP contribution in [0.4, 0.5) is 0 Å². The van der Waals surface area contributed by atoms with Gasteiger partial charge in [-0.3, -0.25) is 9.69 Å². The van der Waals surface area contributed by atoms with Gasteiger partial charge in [-0.25, -0.2) is 0 Å². The van der Waals surface area contributed by atoms with Crippen LogP contribution < -0.4 is 0 Å². The Morgan fingerprint density at radius 3 is 2.39 bits per heavy atom. The molecule has 2 N–H and O–H groups in total. The lowest BCUT2D eigenvalue weighted by Crippen LogP contribution is -2.53. The lowest BCUT2D eigenvalue weighted by Gasteiger charge is -2.36. The van der Waals surface area contributed by atoms with Gasteiger partial charge in [-0.1, -0.05) is 0 Å². The molecule has 0 aromatic rings. The number of carbonyl (C=O) groups is 1. The third-order valence-electron chi connectivity index (χ3n) is 3.85. The van der Waals surface area contributed by atoms with Gasteiger partial charge in [-0.15, -0.1) is 0 Å². The van der Waals surface area contributed by atoms with Gasteiger partial charge in [0.05, 0.1) is 18.8 Å². The van der Waals surface area contributed by atoms with E-state index in [1.54, 1.807) is 0 Å². The molecule has 0 aliphatic carbocycles. The minimum atomic E-state index is -0.723. The van der Waals surface area contributed by atoms with Crippen molar-refractivity contribution in [3.05, 3.63) is 0 Å². The van der Waals surface area contributed by atoms with E-state index in [9.17, 15) is 15.0 Å². The van der Waals surface area contributed by atoms with Gasteiger partial charge in [0.25, 0.3) is 0 Å². The van der Waals surface area contributed by atoms with E-state index >= 15 is 0 Å². The monoisotopic (exact) mass is 257 g/mol. The maximum atomic E-state index is 12.1. The van der Waals surface area contributed by atoms with Gasteiger partial charge in [-0.05, 0) is 13.5 Å². The summed E-state index contributed by atoms with van der Waals surface area (Å²) < 4.78 is 0. The van der Waals surface area contributed by atoms with Gasteiger partial charge in [0.1, 0.15) is 0 Å². The van der Waals surface area contributed by atoms with Gasteiger partial charge in [0.15, 0.2) is 0 Å². The minimum absolute atomic E-state index is 0.131. The quantitative estimate of drug-likeness (QED) is 0.610. The number of piperazine rings is 1. The first kappa shape index (κ1) is 13.7. The molecule has 2 rings (SSSR count). The highest BCUT2D eigenvalue weighted by Gasteiger charge is 2.28. The van der Waals surface area contributed by atoms with Crippen LogP contribution in [0.15, 0.2) is 0 Å². The van der Waals surface area contributed by atoms with Crippen molar-refractivity contribution in [2.75, 3.05) is 52.9 Å². The van der Waals surface area contributed by atoms with Crippen molar-refractivity contribution in [3.8, 4) is 0 Å². The Bertz CT molecular complexity index is 292. The molecule has 0 bridgehead atoms. The van der Waals surface area contributed by atoms with Crippen molar-refractivity contribution >= 4 is 5.91 Å². The van der Waals surface area contributed by atoms with Crippen molar-refractivity contribution in [1.29, 1.82) is 0 Å². The molecule has 1 amide bonds. The van der Waals surface area contributed by atoms with E-state index < -0.39 is 12.2 Å². The number of aliphatic hydroxyl groups excluding tert-OH is 2. The predicted molar refractivity (Wildman–Crippen MR) is 67.1 cm³/mol. The number of likely N-dealkylation sites (N-methyl/N-ethyl adjacent to an activating group) is 1. The fourth-order valence-corrected chi connectivity index (χ4v) is 2.48. The van der Waals surface area contributed by atoms with Crippen LogP contribution in [0.1, 0.15) is 6.42 Å². The van der Waals surface area contributed by atoms with Crippen LogP contribution in [0.25, 0.3) is 0 Å². The molecule has 2 saturated heterocycles. The molecule has 0 aromatic heterocycles. The van der Waals surface area contributed by atoms with Crippen molar-refractivity contribution in [1.82, 2.24) is 14.7 Å². The van der Waals surface area contributed by atoms with Crippen LogP contribution in [0, 0.1) is 0 Å². The van der Waals surface area contributed by atoms with Crippen molar-refractivity contribution < 1.29 is 15.0 Å². The fraction of sp³-hybridized carbons (Fsp3) is 0.917. The molecule has 6 heteroatoms. The number of piperidine rings is 1. The van der Waals surface area contributed by atoms with Crippen LogP contribution in [-0.4, -0.2) is 95.9 Å². The summed E-state index contributed by atoms with van der Waals surface area (Å²) in [6, 6.07) is 0. The average molecular weight is 257 g/mol. The molecule has 0 saturated carbocycles. The summed E-state index contributed by atoms with van der Waals surface area (Å²) >= 11 is 0. The zero-order valence-electron chi connectivity index (χ0n) is 11.0. The topological polar surface area (TPSA) is 67.2 Å². The van der Waals surface area contributed by atoms with E-state index in [4.69, 9.17) is 0 Å². The largest absolute Gasteiger partial charge is 0.390 e. The molecule has 2 atom stereocenters. The lowest BCUT2D eigenvalue weighted by atomic mass is 10.1. The van der Waals surface area contributed by atoms with Crippen molar-refractivity contribution in [2.24, 2.45) is 0 Å². The summed E-state index contributed by atoms with van der Waals surface area (Å²) in [5, 5.41) is 19.0. The normalized spacial score (nSPS) is 31.6. The number of likely N-dealkylation sites (tertiary alicyclic amines) is 1. The first-order valence-corrected chi connectivity index (χ1v) is 6.61. The van der Waals surface area contributed by atoms with Crippen LogP contribution in [0.3, 0.4) is 0 Å². The molecule has 6 nitrogen and oxygen atoms in total. The average Bonchev–Trinajstić information content (AvgIpc) is 2.34. The molecule has 0 radical (unpaired) electrons. The third kappa shape index (κ3) is 3.41. The Kier molecular flexibility index (Phi) is 4.55. The Labute approximate surface area is 108 Å². The van der Waals surface area contributed by atoms with Crippen LogP contribution in [-0.2, 0) is 4.79 Å². The number of hydrogen-bond donors (Lipinski definition) is 2. The zero-order chi connectivity index (χ0) is 13.1. The maximum Gasteiger partial charge on any atom is 0.236 e. The van der Waals surface area contributed by atoms with Gasteiger partial charge < -0.3 is 20.0 Å². The SMILES string of the molecule is CN1CCN(C(=O)CN2CC[C@H](O)[C@H](O)C2)CC1. The van der Waals surface area contributed by atoms with E-state index in [-0.39, 0.29) is 5.91 Å². The molecule has 2 fully saturated rings. The second kappa shape index (κ2) is 5.97. The number of nitrogens with zero attached hydrogens (tertiary/aromatic N) is 3. The maximum absolute atomic E-state index is 12.1. The molecule has 104 valence electrons. The molecule has 0 unspecified atom stereocenters. The Morgan fingerprint density at radius 2 is 1.78 bits per heavy atom. The van der Waals surface area contributed by atoms with Gasteiger partial charge in [0, 0.05) is 39.3 Å². The van der Waals surface area contributed by atoms with Crippen LogP contribution >= 0.6 is 0 Å².